The summed E-state index contributed by atoms with van der Waals surface area (Å²) in [5.74, 6) is 0.316. The first-order valence-corrected chi connectivity index (χ1v) is 8.08. The Morgan fingerprint density at radius 3 is 1.76 bits per heavy atom. The molecule has 0 fully saturated rings. The molecule has 1 N–H and O–H groups in total. The molecule has 0 bridgehead atoms. The van der Waals surface area contributed by atoms with Crippen molar-refractivity contribution in [3.8, 4) is 0 Å². The highest BCUT2D eigenvalue weighted by Crippen LogP contribution is 2.38. The molecular formula is C19H19NS. The fourth-order valence-corrected chi connectivity index (χ4v) is 3.71. The second-order valence-electron chi connectivity index (χ2n) is 5.08. The third-order valence-corrected chi connectivity index (χ3v) is 4.77. The van der Waals surface area contributed by atoms with E-state index in [4.69, 9.17) is 0 Å². The molecule has 3 rings (SSSR count). The minimum atomic E-state index is 0.287. The summed E-state index contributed by atoms with van der Waals surface area (Å²) in [6, 6.07) is 26.1. The number of likely N-dealkylation sites (N-methyl/N-ethyl adjacent to an activating group) is 1. The molecule has 1 heterocycles. The van der Waals surface area contributed by atoms with E-state index in [0.29, 0.717) is 5.92 Å². The van der Waals surface area contributed by atoms with Gasteiger partial charge in [-0.1, -0.05) is 66.7 Å². The summed E-state index contributed by atoms with van der Waals surface area (Å²) >= 11 is 1.81. The fraction of sp³-hybridized carbons (Fsp3) is 0.158. The van der Waals surface area contributed by atoms with E-state index in [-0.39, 0.29) is 6.04 Å². The SMILES string of the molecule is CNC(c1cccs1)C(c1ccccc1)c1ccccc1. The van der Waals surface area contributed by atoms with E-state index >= 15 is 0 Å². The van der Waals surface area contributed by atoms with Crippen LogP contribution in [0.1, 0.15) is 28.0 Å². The van der Waals surface area contributed by atoms with Crippen molar-refractivity contribution in [1.29, 1.82) is 0 Å². The van der Waals surface area contributed by atoms with E-state index in [2.05, 4.69) is 83.5 Å². The molecule has 0 aliphatic rings. The van der Waals surface area contributed by atoms with Crippen molar-refractivity contribution in [2.75, 3.05) is 7.05 Å². The van der Waals surface area contributed by atoms with Gasteiger partial charge in [0, 0.05) is 10.8 Å². The Balaban J connectivity index is 2.08. The number of rotatable bonds is 5. The predicted octanol–water partition coefficient (Wildman–Crippen LogP) is 4.84. The molecule has 1 aromatic heterocycles. The zero-order valence-corrected chi connectivity index (χ0v) is 12.9. The maximum atomic E-state index is 3.51. The lowest BCUT2D eigenvalue weighted by atomic mass is 9.84. The van der Waals surface area contributed by atoms with Crippen LogP contribution in [-0.4, -0.2) is 7.05 Å². The van der Waals surface area contributed by atoms with Crippen molar-refractivity contribution in [1.82, 2.24) is 5.32 Å². The van der Waals surface area contributed by atoms with Crippen molar-refractivity contribution in [2.24, 2.45) is 0 Å². The largest absolute Gasteiger partial charge is 0.312 e. The van der Waals surface area contributed by atoms with Crippen molar-refractivity contribution in [3.63, 3.8) is 0 Å². The first-order valence-electron chi connectivity index (χ1n) is 7.20. The van der Waals surface area contributed by atoms with Crippen LogP contribution in [0, 0.1) is 0 Å². The topological polar surface area (TPSA) is 12.0 Å². The van der Waals surface area contributed by atoms with E-state index in [0.717, 1.165) is 0 Å². The van der Waals surface area contributed by atoms with E-state index < -0.39 is 0 Å². The maximum Gasteiger partial charge on any atom is 0.0523 e. The van der Waals surface area contributed by atoms with Crippen molar-refractivity contribution in [2.45, 2.75) is 12.0 Å². The van der Waals surface area contributed by atoms with Gasteiger partial charge in [-0.3, -0.25) is 0 Å². The molecular weight excluding hydrogens is 274 g/mol. The van der Waals surface area contributed by atoms with Gasteiger partial charge in [-0.2, -0.15) is 0 Å². The molecule has 0 spiro atoms. The van der Waals surface area contributed by atoms with Crippen LogP contribution in [0.15, 0.2) is 78.2 Å². The monoisotopic (exact) mass is 293 g/mol. The van der Waals surface area contributed by atoms with Crippen LogP contribution < -0.4 is 5.32 Å². The molecule has 0 aliphatic heterocycles. The highest BCUT2D eigenvalue weighted by atomic mass is 32.1. The highest BCUT2D eigenvalue weighted by molar-refractivity contribution is 7.10. The Morgan fingerprint density at radius 2 is 1.33 bits per heavy atom. The summed E-state index contributed by atoms with van der Waals surface area (Å²) in [6.45, 7) is 0. The smallest absolute Gasteiger partial charge is 0.0523 e. The molecule has 2 heteroatoms. The molecule has 2 aromatic carbocycles. The molecule has 0 aliphatic carbocycles. The van der Waals surface area contributed by atoms with Gasteiger partial charge >= 0.3 is 0 Å². The summed E-state index contributed by atoms with van der Waals surface area (Å²) < 4.78 is 0. The predicted molar refractivity (Wildman–Crippen MR) is 90.8 cm³/mol. The third-order valence-electron chi connectivity index (χ3n) is 3.81. The summed E-state index contributed by atoms with van der Waals surface area (Å²) in [5, 5.41) is 5.66. The van der Waals surface area contributed by atoms with Crippen LogP contribution in [0.2, 0.25) is 0 Å². The lowest BCUT2D eigenvalue weighted by Crippen LogP contribution is -2.24. The van der Waals surface area contributed by atoms with Gasteiger partial charge in [0.25, 0.3) is 0 Å². The molecule has 106 valence electrons. The van der Waals surface area contributed by atoms with Gasteiger partial charge in [-0.05, 0) is 29.6 Å². The minimum absolute atomic E-state index is 0.287. The van der Waals surface area contributed by atoms with Crippen molar-refractivity contribution >= 4 is 11.3 Å². The van der Waals surface area contributed by atoms with E-state index in [1.54, 1.807) is 0 Å². The lowest BCUT2D eigenvalue weighted by Gasteiger charge is -2.27. The molecule has 0 saturated carbocycles. The number of hydrogen-bond acceptors (Lipinski definition) is 2. The van der Waals surface area contributed by atoms with Crippen molar-refractivity contribution < 1.29 is 0 Å². The van der Waals surface area contributed by atoms with Gasteiger partial charge in [-0.15, -0.1) is 11.3 Å². The maximum absolute atomic E-state index is 3.51. The first-order chi connectivity index (χ1) is 10.4. The Hall–Kier alpha value is -1.90. The molecule has 1 unspecified atom stereocenters. The molecule has 0 radical (unpaired) electrons. The van der Waals surface area contributed by atoms with Gasteiger partial charge in [0.15, 0.2) is 0 Å². The molecule has 3 aromatic rings. The van der Waals surface area contributed by atoms with Crippen molar-refractivity contribution in [3.05, 3.63) is 94.2 Å². The summed E-state index contributed by atoms with van der Waals surface area (Å²) in [5.41, 5.74) is 2.69. The van der Waals surface area contributed by atoms with E-state index in [1.165, 1.54) is 16.0 Å². The molecule has 1 atom stereocenters. The Labute approximate surface area is 130 Å². The zero-order chi connectivity index (χ0) is 14.5. The second kappa shape index (κ2) is 6.70. The van der Waals surface area contributed by atoms with E-state index in [9.17, 15) is 0 Å². The van der Waals surface area contributed by atoms with Crippen LogP contribution in [0.25, 0.3) is 0 Å². The second-order valence-corrected chi connectivity index (χ2v) is 6.06. The number of nitrogens with one attached hydrogen (secondary N) is 1. The standard InChI is InChI=1S/C19H19NS/c1-20-19(17-13-8-14-21-17)18(15-9-4-2-5-10-15)16-11-6-3-7-12-16/h2-14,18-20H,1H3. The minimum Gasteiger partial charge on any atom is -0.312 e. The lowest BCUT2D eigenvalue weighted by molar-refractivity contribution is 0.539. The number of thiophene rings is 1. The summed E-state index contributed by atoms with van der Waals surface area (Å²) in [6.07, 6.45) is 0. The van der Waals surface area contributed by atoms with Gasteiger partial charge in [0.1, 0.15) is 0 Å². The quantitative estimate of drug-likeness (QED) is 0.709. The van der Waals surface area contributed by atoms with Crippen LogP contribution in [0.5, 0.6) is 0 Å². The van der Waals surface area contributed by atoms with Crippen LogP contribution in [-0.2, 0) is 0 Å². The van der Waals surface area contributed by atoms with Gasteiger partial charge in [-0.25, -0.2) is 0 Å². The van der Waals surface area contributed by atoms with Gasteiger partial charge < -0.3 is 5.32 Å². The Bertz CT molecular complexity index is 607. The molecule has 0 amide bonds. The Kier molecular flexibility index (Phi) is 4.49. The van der Waals surface area contributed by atoms with E-state index in [1.807, 2.05) is 18.4 Å². The average molecular weight is 293 g/mol. The summed E-state index contributed by atoms with van der Waals surface area (Å²) in [7, 11) is 2.04. The Morgan fingerprint density at radius 1 is 0.762 bits per heavy atom. The van der Waals surface area contributed by atoms with Crippen LogP contribution in [0.4, 0.5) is 0 Å². The fourth-order valence-electron chi connectivity index (χ4n) is 2.84. The van der Waals surface area contributed by atoms with Gasteiger partial charge in [0.05, 0.1) is 6.04 Å². The zero-order valence-electron chi connectivity index (χ0n) is 12.1. The highest BCUT2D eigenvalue weighted by Gasteiger charge is 2.25. The average Bonchev–Trinajstić information content (AvgIpc) is 3.08. The number of hydrogen-bond donors (Lipinski definition) is 1. The van der Waals surface area contributed by atoms with Crippen LogP contribution >= 0.6 is 11.3 Å². The summed E-state index contributed by atoms with van der Waals surface area (Å²) in [4.78, 5) is 1.37. The van der Waals surface area contributed by atoms with Gasteiger partial charge in [0.2, 0.25) is 0 Å². The van der Waals surface area contributed by atoms with Crippen LogP contribution in [0.3, 0.4) is 0 Å². The molecule has 1 nitrogen and oxygen atoms in total. The normalized spacial score (nSPS) is 12.5. The molecule has 21 heavy (non-hydrogen) atoms. The first kappa shape index (κ1) is 14.1. The number of benzene rings is 2. The molecule has 0 saturated heterocycles. The third kappa shape index (κ3) is 3.07.